The molecule has 0 saturated carbocycles. The lowest BCUT2D eigenvalue weighted by Gasteiger charge is -2.27. The molecule has 21 heavy (non-hydrogen) atoms. The molecule has 1 N–H and O–H groups in total. The third-order valence-electron chi connectivity index (χ3n) is 3.63. The summed E-state index contributed by atoms with van der Waals surface area (Å²) < 4.78 is 0. The van der Waals surface area contributed by atoms with Crippen LogP contribution in [-0.4, -0.2) is 15.5 Å². The van der Waals surface area contributed by atoms with Crippen molar-refractivity contribution in [1.82, 2.24) is 9.97 Å². The van der Waals surface area contributed by atoms with Crippen LogP contribution in [0, 0.1) is 0 Å². The number of nitrogens with zero attached hydrogens (tertiary/aromatic N) is 2. The van der Waals surface area contributed by atoms with Gasteiger partial charge in [0.1, 0.15) is 12.1 Å². The van der Waals surface area contributed by atoms with Crippen LogP contribution in [0.3, 0.4) is 0 Å². The molecule has 1 aromatic carbocycles. The van der Waals surface area contributed by atoms with Crippen molar-refractivity contribution in [3.63, 3.8) is 0 Å². The molecule has 1 aromatic heterocycles. The highest BCUT2D eigenvalue weighted by molar-refractivity contribution is 5.38. The summed E-state index contributed by atoms with van der Waals surface area (Å²) in [7, 11) is 0. The lowest BCUT2D eigenvalue weighted by Crippen LogP contribution is -2.32. The number of hydrogen-bond donors (Lipinski definition) is 1. The Morgan fingerprint density at radius 3 is 2.48 bits per heavy atom. The van der Waals surface area contributed by atoms with E-state index in [9.17, 15) is 0 Å². The monoisotopic (exact) mass is 283 g/mol. The van der Waals surface area contributed by atoms with Crippen molar-refractivity contribution in [3.8, 4) is 0 Å². The van der Waals surface area contributed by atoms with Gasteiger partial charge in [-0.3, -0.25) is 0 Å². The summed E-state index contributed by atoms with van der Waals surface area (Å²) in [5, 5.41) is 3.53. The largest absolute Gasteiger partial charge is 0.365 e. The average molecular weight is 283 g/mol. The Bertz CT molecular complexity index is 562. The van der Waals surface area contributed by atoms with Gasteiger partial charge in [0.2, 0.25) is 0 Å². The van der Waals surface area contributed by atoms with E-state index in [1.165, 1.54) is 5.56 Å². The number of anilines is 1. The number of rotatable bonds is 6. The van der Waals surface area contributed by atoms with E-state index in [2.05, 4.69) is 79.4 Å². The molecule has 0 saturated heterocycles. The molecular weight excluding hydrogens is 258 g/mol. The van der Waals surface area contributed by atoms with Gasteiger partial charge in [0.15, 0.2) is 0 Å². The first-order chi connectivity index (χ1) is 9.96. The van der Waals surface area contributed by atoms with Gasteiger partial charge >= 0.3 is 0 Å². The first-order valence-corrected chi connectivity index (χ1v) is 7.60. The second-order valence-electron chi connectivity index (χ2n) is 6.48. The second-order valence-corrected chi connectivity index (χ2v) is 6.48. The van der Waals surface area contributed by atoms with Crippen LogP contribution in [0.2, 0.25) is 0 Å². The van der Waals surface area contributed by atoms with E-state index in [0.29, 0.717) is 5.92 Å². The SMILES string of the molecule is CC(C)c1cc(NC(C)(C)CCc2ccccc2)ncn1. The third-order valence-corrected chi connectivity index (χ3v) is 3.63. The van der Waals surface area contributed by atoms with Gasteiger partial charge in [-0.15, -0.1) is 0 Å². The summed E-state index contributed by atoms with van der Waals surface area (Å²) in [6.07, 6.45) is 3.76. The fourth-order valence-corrected chi connectivity index (χ4v) is 2.27. The molecule has 0 aliphatic rings. The number of nitrogens with one attached hydrogen (secondary N) is 1. The Labute approximate surface area is 127 Å². The lowest BCUT2D eigenvalue weighted by atomic mass is 9.95. The molecular formula is C18H25N3. The highest BCUT2D eigenvalue weighted by Crippen LogP contribution is 2.21. The smallest absolute Gasteiger partial charge is 0.130 e. The molecule has 0 aliphatic heterocycles. The second kappa shape index (κ2) is 6.70. The predicted octanol–water partition coefficient (Wildman–Crippen LogP) is 4.42. The first kappa shape index (κ1) is 15.5. The molecule has 2 aromatic rings. The number of aryl methyl sites for hydroxylation is 1. The van der Waals surface area contributed by atoms with Gasteiger partial charge in [-0.25, -0.2) is 9.97 Å². The number of hydrogen-bond acceptors (Lipinski definition) is 3. The molecule has 0 unspecified atom stereocenters. The Hall–Kier alpha value is -1.90. The van der Waals surface area contributed by atoms with Crippen LogP contribution in [0.5, 0.6) is 0 Å². The summed E-state index contributed by atoms with van der Waals surface area (Å²) >= 11 is 0. The van der Waals surface area contributed by atoms with Gasteiger partial charge in [0.05, 0.1) is 0 Å². The zero-order chi connectivity index (χ0) is 15.3. The van der Waals surface area contributed by atoms with E-state index in [1.54, 1.807) is 6.33 Å². The fraction of sp³-hybridized carbons (Fsp3) is 0.444. The maximum Gasteiger partial charge on any atom is 0.130 e. The Balaban J connectivity index is 1.98. The Kier molecular flexibility index (Phi) is 4.94. The van der Waals surface area contributed by atoms with Gasteiger partial charge in [-0.05, 0) is 38.2 Å². The summed E-state index contributed by atoms with van der Waals surface area (Å²) in [5.41, 5.74) is 2.45. The standard InChI is InChI=1S/C18H25N3/c1-14(2)16-12-17(20-13-19-16)21-18(3,4)11-10-15-8-6-5-7-9-15/h5-9,12-14H,10-11H2,1-4H3,(H,19,20,21). The van der Waals surface area contributed by atoms with Crippen LogP contribution < -0.4 is 5.32 Å². The first-order valence-electron chi connectivity index (χ1n) is 7.60. The summed E-state index contributed by atoms with van der Waals surface area (Å²) in [6, 6.07) is 12.6. The molecule has 0 amide bonds. The van der Waals surface area contributed by atoms with Gasteiger partial charge in [0, 0.05) is 17.3 Å². The van der Waals surface area contributed by atoms with Gasteiger partial charge in [0.25, 0.3) is 0 Å². The molecule has 0 fully saturated rings. The topological polar surface area (TPSA) is 37.8 Å². The van der Waals surface area contributed by atoms with Gasteiger partial charge in [-0.2, -0.15) is 0 Å². The van der Waals surface area contributed by atoms with E-state index in [4.69, 9.17) is 0 Å². The summed E-state index contributed by atoms with van der Waals surface area (Å²) in [4.78, 5) is 8.65. The average Bonchev–Trinajstić information content (AvgIpc) is 2.46. The molecule has 0 aliphatic carbocycles. The van der Waals surface area contributed by atoms with Gasteiger partial charge in [-0.1, -0.05) is 44.2 Å². The number of benzene rings is 1. The molecule has 112 valence electrons. The van der Waals surface area contributed by atoms with E-state index < -0.39 is 0 Å². The van der Waals surface area contributed by atoms with E-state index in [1.807, 2.05) is 0 Å². The van der Waals surface area contributed by atoms with Crippen molar-refractivity contribution in [1.29, 1.82) is 0 Å². The molecule has 0 spiro atoms. The van der Waals surface area contributed by atoms with Crippen molar-refractivity contribution in [2.24, 2.45) is 0 Å². The van der Waals surface area contributed by atoms with E-state index in [-0.39, 0.29) is 5.54 Å². The van der Waals surface area contributed by atoms with Crippen LogP contribution in [0.1, 0.15) is 51.3 Å². The van der Waals surface area contributed by atoms with Gasteiger partial charge < -0.3 is 5.32 Å². The molecule has 1 heterocycles. The van der Waals surface area contributed by atoms with Crippen LogP contribution in [-0.2, 0) is 6.42 Å². The maximum absolute atomic E-state index is 4.34. The van der Waals surface area contributed by atoms with E-state index in [0.717, 1.165) is 24.4 Å². The number of aromatic nitrogens is 2. The highest BCUT2D eigenvalue weighted by Gasteiger charge is 2.18. The molecule has 3 nitrogen and oxygen atoms in total. The molecule has 0 radical (unpaired) electrons. The summed E-state index contributed by atoms with van der Waals surface area (Å²) in [5.74, 6) is 1.33. The van der Waals surface area contributed by atoms with E-state index >= 15 is 0 Å². The molecule has 2 rings (SSSR count). The minimum atomic E-state index is -0.00154. The third kappa shape index (κ3) is 4.85. The predicted molar refractivity (Wildman–Crippen MR) is 88.6 cm³/mol. The lowest BCUT2D eigenvalue weighted by molar-refractivity contribution is 0.516. The zero-order valence-corrected chi connectivity index (χ0v) is 13.4. The Morgan fingerprint density at radius 1 is 1.10 bits per heavy atom. The Morgan fingerprint density at radius 2 is 1.81 bits per heavy atom. The van der Waals surface area contributed by atoms with Crippen molar-refractivity contribution >= 4 is 5.82 Å². The molecule has 0 bridgehead atoms. The molecule has 0 atom stereocenters. The normalized spacial score (nSPS) is 11.7. The maximum atomic E-state index is 4.34. The van der Waals surface area contributed by atoms with Crippen molar-refractivity contribution in [2.45, 2.75) is 52.0 Å². The van der Waals surface area contributed by atoms with Crippen LogP contribution in [0.15, 0.2) is 42.7 Å². The van der Waals surface area contributed by atoms with Crippen LogP contribution in [0.4, 0.5) is 5.82 Å². The fourth-order valence-electron chi connectivity index (χ4n) is 2.27. The molecule has 3 heteroatoms. The van der Waals surface area contributed by atoms with Crippen LogP contribution in [0.25, 0.3) is 0 Å². The highest BCUT2D eigenvalue weighted by atomic mass is 15.1. The summed E-state index contributed by atoms with van der Waals surface area (Å²) in [6.45, 7) is 8.72. The van der Waals surface area contributed by atoms with Crippen molar-refractivity contribution in [3.05, 3.63) is 54.0 Å². The van der Waals surface area contributed by atoms with Crippen molar-refractivity contribution in [2.75, 3.05) is 5.32 Å². The minimum Gasteiger partial charge on any atom is -0.365 e. The quantitative estimate of drug-likeness (QED) is 0.852. The minimum absolute atomic E-state index is 0.00154. The van der Waals surface area contributed by atoms with Crippen LogP contribution >= 0.6 is 0 Å². The zero-order valence-electron chi connectivity index (χ0n) is 13.4. The van der Waals surface area contributed by atoms with Crippen molar-refractivity contribution < 1.29 is 0 Å².